The Morgan fingerprint density at radius 2 is 2.05 bits per heavy atom. The molecule has 1 aliphatic rings. The molecule has 1 amide bonds. The van der Waals surface area contributed by atoms with Gasteiger partial charge in [0.2, 0.25) is 11.7 Å². The number of hydrogen-bond acceptors (Lipinski definition) is 5. The molecule has 1 aliphatic heterocycles. The molecule has 0 N–H and O–H groups in total. The smallest absolute Gasteiger partial charge is 0.322 e. The normalized spacial score (nSPS) is 15.6. The van der Waals surface area contributed by atoms with Crippen molar-refractivity contribution in [2.45, 2.75) is 25.8 Å². The van der Waals surface area contributed by atoms with E-state index in [0.717, 1.165) is 5.56 Å². The van der Waals surface area contributed by atoms with Crippen molar-refractivity contribution < 1.29 is 22.9 Å². The van der Waals surface area contributed by atoms with Crippen molar-refractivity contribution in [2.24, 2.45) is 0 Å². The number of halogens is 2. The molecular formula is C14H13F2N3O3. The molecule has 1 aromatic carbocycles. The molecule has 0 unspecified atom stereocenters. The largest absolute Gasteiger partial charge is 0.332 e. The maximum atomic E-state index is 13.1. The Kier molecular flexibility index (Phi) is 3.61. The number of hydroxylamine groups is 2. The lowest BCUT2D eigenvalue weighted by atomic mass is 10.1. The Morgan fingerprint density at radius 3 is 2.59 bits per heavy atom. The number of nitrogens with zero attached hydrogens (tertiary/aromatic N) is 3. The maximum Gasteiger partial charge on any atom is 0.322 e. The molecule has 2 aromatic rings. The van der Waals surface area contributed by atoms with E-state index >= 15 is 0 Å². The van der Waals surface area contributed by atoms with E-state index in [2.05, 4.69) is 14.7 Å². The lowest BCUT2D eigenvalue weighted by molar-refractivity contribution is -0.164. The van der Waals surface area contributed by atoms with Gasteiger partial charge in [0.05, 0.1) is 19.6 Å². The second-order valence-electron chi connectivity index (χ2n) is 5.02. The first-order valence-corrected chi connectivity index (χ1v) is 6.68. The summed E-state index contributed by atoms with van der Waals surface area (Å²) >= 11 is 0. The molecule has 1 saturated heterocycles. The van der Waals surface area contributed by atoms with Crippen LogP contribution in [0.4, 0.5) is 8.78 Å². The predicted octanol–water partition coefficient (Wildman–Crippen LogP) is 2.51. The highest BCUT2D eigenvalue weighted by molar-refractivity contribution is 5.76. The quantitative estimate of drug-likeness (QED) is 0.868. The van der Waals surface area contributed by atoms with Gasteiger partial charge < -0.3 is 4.52 Å². The van der Waals surface area contributed by atoms with Crippen LogP contribution < -0.4 is 0 Å². The first kappa shape index (κ1) is 14.6. The summed E-state index contributed by atoms with van der Waals surface area (Å²) in [5, 5.41) is 4.85. The molecule has 6 nitrogen and oxygen atoms in total. The van der Waals surface area contributed by atoms with Crippen LogP contribution in [-0.4, -0.2) is 27.7 Å². The molecule has 0 saturated carbocycles. The van der Waals surface area contributed by atoms with Crippen LogP contribution in [0, 0.1) is 0 Å². The number of hydrogen-bond donors (Lipinski definition) is 0. The standard InChI is InChI=1S/C14H13F2N3O3/c1-14(15,16)13-17-12(18-22-13)10-4-2-9(3-5-10)8-19-11(20)6-7-21-19/h2-5H,6-8H2,1H3. The van der Waals surface area contributed by atoms with Gasteiger partial charge in [0, 0.05) is 12.5 Å². The molecule has 3 rings (SSSR count). The molecule has 116 valence electrons. The minimum absolute atomic E-state index is 0.0583. The zero-order valence-electron chi connectivity index (χ0n) is 11.8. The topological polar surface area (TPSA) is 68.5 Å². The van der Waals surface area contributed by atoms with E-state index < -0.39 is 11.8 Å². The van der Waals surface area contributed by atoms with Gasteiger partial charge >= 0.3 is 5.92 Å². The highest BCUT2D eigenvalue weighted by Gasteiger charge is 2.32. The van der Waals surface area contributed by atoms with Crippen LogP contribution in [-0.2, 0) is 22.1 Å². The van der Waals surface area contributed by atoms with E-state index in [1.54, 1.807) is 24.3 Å². The molecule has 2 heterocycles. The van der Waals surface area contributed by atoms with Crippen molar-refractivity contribution in [3.05, 3.63) is 35.7 Å². The summed E-state index contributed by atoms with van der Waals surface area (Å²) in [5.74, 6) is -3.85. The van der Waals surface area contributed by atoms with Crippen molar-refractivity contribution in [2.75, 3.05) is 6.61 Å². The molecule has 0 spiro atoms. The third-order valence-corrected chi connectivity index (χ3v) is 3.18. The van der Waals surface area contributed by atoms with Crippen LogP contribution in [0.3, 0.4) is 0 Å². The number of amides is 1. The highest BCUT2D eigenvalue weighted by Crippen LogP contribution is 2.27. The second kappa shape index (κ2) is 5.45. The molecule has 0 bridgehead atoms. The maximum absolute atomic E-state index is 13.1. The summed E-state index contributed by atoms with van der Waals surface area (Å²) in [4.78, 5) is 20.3. The summed E-state index contributed by atoms with van der Waals surface area (Å²) in [6.45, 7) is 1.43. The third kappa shape index (κ3) is 2.96. The molecule has 1 fully saturated rings. The molecule has 22 heavy (non-hydrogen) atoms. The summed E-state index contributed by atoms with van der Waals surface area (Å²) in [7, 11) is 0. The van der Waals surface area contributed by atoms with Gasteiger partial charge in [-0.3, -0.25) is 9.63 Å². The fraction of sp³-hybridized carbons (Fsp3) is 0.357. The van der Waals surface area contributed by atoms with Crippen LogP contribution in [0.1, 0.15) is 24.8 Å². The van der Waals surface area contributed by atoms with Crippen molar-refractivity contribution in [1.29, 1.82) is 0 Å². The Labute approximate surface area is 124 Å². The molecule has 0 atom stereocenters. The minimum Gasteiger partial charge on any atom is -0.332 e. The third-order valence-electron chi connectivity index (χ3n) is 3.18. The summed E-state index contributed by atoms with van der Waals surface area (Å²) in [6.07, 6.45) is 0.384. The van der Waals surface area contributed by atoms with Crippen molar-refractivity contribution in [3.63, 3.8) is 0 Å². The van der Waals surface area contributed by atoms with Gasteiger partial charge in [-0.05, 0) is 5.56 Å². The second-order valence-corrected chi connectivity index (χ2v) is 5.02. The van der Waals surface area contributed by atoms with E-state index in [1.807, 2.05) is 0 Å². The Morgan fingerprint density at radius 1 is 1.32 bits per heavy atom. The predicted molar refractivity (Wildman–Crippen MR) is 70.4 cm³/mol. The minimum atomic E-state index is -3.17. The SMILES string of the molecule is CC(F)(F)c1nc(-c2ccc(CN3OCCC3=O)cc2)no1. The Hall–Kier alpha value is -2.35. The number of benzene rings is 1. The van der Waals surface area contributed by atoms with Gasteiger partial charge in [-0.1, -0.05) is 29.4 Å². The van der Waals surface area contributed by atoms with Gasteiger partial charge in [0.25, 0.3) is 5.89 Å². The van der Waals surface area contributed by atoms with Crippen molar-refractivity contribution in [1.82, 2.24) is 15.2 Å². The number of alkyl halides is 2. The highest BCUT2D eigenvalue weighted by atomic mass is 19.3. The van der Waals surface area contributed by atoms with Crippen LogP contribution in [0.5, 0.6) is 0 Å². The number of rotatable bonds is 4. The Balaban J connectivity index is 1.74. The van der Waals surface area contributed by atoms with E-state index in [0.29, 0.717) is 32.1 Å². The fourth-order valence-electron chi connectivity index (χ4n) is 2.02. The van der Waals surface area contributed by atoms with Crippen molar-refractivity contribution in [3.8, 4) is 11.4 Å². The van der Waals surface area contributed by atoms with Gasteiger partial charge in [-0.2, -0.15) is 13.8 Å². The molecular weight excluding hydrogens is 296 g/mol. The lowest BCUT2D eigenvalue weighted by Gasteiger charge is -2.13. The summed E-state index contributed by atoms with van der Waals surface area (Å²) in [5.41, 5.74) is 1.40. The average molecular weight is 309 g/mol. The van der Waals surface area contributed by atoms with Crippen LogP contribution in [0.15, 0.2) is 28.8 Å². The Bertz CT molecular complexity index is 679. The first-order valence-electron chi connectivity index (χ1n) is 6.68. The monoisotopic (exact) mass is 309 g/mol. The van der Waals surface area contributed by atoms with Gasteiger partial charge in [-0.25, -0.2) is 5.06 Å². The van der Waals surface area contributed by atoms with Crippen LogP contribution >= 0.6 is 0 Å². The zero-order chi connectivity index (χ0) is 15.7. The van der Waals surface area contributed by atoms with E-state index in [9.17, 15) is 13.6 Å². The summed E-state index contributed by atoms with van der Waals surface area (Å²) in [6, 6.07) is 6.87. The molecule has 0 aliphatic carbocycles. The molecule has 1 aromatic heterocycles. The molecule has 8 heteroatoms. The van der Waals surface area contributed by atoms with Crippen LogP contribution in [0.25, 0.3) is 11.4 Å². The lowest BCUT2D eigenvalue weighted by Crippen LogP contribution is -2.22. The number of carbonyl (C=O) groups is 1. The van der Waals surface area contributed by atoms with E-state index in [1.165, 1.54) is 5.06 Å². The zero-order valence-corrected chi connectivity index (χ0v) is 11.8. The van der Waals surface area contributed by atoms with Gasteiger partial charge in [0.15, 0.2) is 0 Å². The average Bonchev–Trinajstić information content (AvgIpc) is 3.09. The summed E-state index contributed by atoms with van der Waals surface area (Å²) < 4.78 is 30.7. The van der Waals surface area contributed by atoms with Gasteiger partial charge in [0.1, 0.15) is 0 Å². The van der Waals surface area contributed by atoms with E-state index in [4.69, 9.17) is 4.84 Å². The van der Waals surface area contributed by atoms with Gasteiger partial charge in [-0.15, -0.1) is 0 Å². The molecule has 0 radical (unpaired) electrons. The van der Waals surface area contributed by atoms with Crippen molar-refractivity contribution >= 4 is 5.91 Å². The first-order chi connectivity index (χ1) is 10.4. The van der Waals surface area contributed by atoms with E-state index in [-0.39, 0.29) is 11.7 Å². The number of carbonyl (C=O) groups excluding carboxylic acids is 1. The number of aromatic nitrogens is 2. The van der Waals surface area contributed by atoms with Crippen LogP contribution in [0.2, 0.25) is 0 Å². The fourth-order valence-corrected chi connectivity index (χ4v) is 2.02.